The van der Waals surface area contributed by atoms with Gasteiger partial charge >= 0.3 is 6.18 Å². The summed E-state index contributed by atoms with van der Waals surface area (Å²) in [5.74, 6) is 0.470. The number of hydrogen-bond donors (Lipinski definition) is 1. The molecule has 2 N–H and O–H groups in total. The molecule has 0 spiro atoms. The molecule has 0 radical (unpaired) electrons. The molecule has 2 aromatic rings. The van der Waals surface area contributed by atoms with Crippen molar-refractivity contribution >= 4 is 0 Å². The Morgan fingerprint density at radius 3 is 2.44 bits per heavy atom. The molecule has 27 heavy (non-hydrogen) atoms. The Kier molecular flexibility index (Phi) is 6.36. The van der Waals surface area contributed by atoms with Crippen molar-refractivity contribution in [2.75, 3.05) is 13.7 Å². The summed E-state index contributed by atoms with van der Waals surface area (Å²) >= 11 is 0. The largest absolute Gasteiger partial charge is 0.494 e. The Labute approximate surface area is 157 Å². The van der Waals surface area contributed by atoms with Crippen LogP contribution in [0.15, 0.2) is 36.7 Å². The maximum absolute atomic E-state index is 13.6. The minimum absolute atomic E-state index is 0.00775. The molecule has 0 saturated heterocycles. The summed E-state index contributed by atoms with van der Waals surface area (Å²) in [5, 5.41) is 0. The number of hydrogen-bond acceptors (Lipinski definition) is 4. The van der Waals surface area contributed by atoms with Crippen LogP contribution in [0.1, 0.15) is 32.8 Å². The molecular weight excluding hydrogens is 357 g/mol. The third-order valence-corrected chi connectivity index (χ3v) is 4.03. The summed E-state index contributed by atoms with van der Waals surface area (Å²) < 4.78 is 51.5. The second-order valence-corrected chi connectivity index (χ2v) is 7.33. The molecule has 0 aliphatic carbocycles. The van der Waals surface area contributed by atoms with Crippen LogP contribution in [0.25, 0.3) is 11.1 Å². The minimum Gasteiger partial charge on any atom is -0.494 e. The van der Waals surface area contributed by atoms with Crippen LogP contribution in [0.3, 0.4) is 0 Å². The van der Waals surface area contributed by atoms with Gasteiger partial charge in [0.15, 0.2) is 0 Å². The highest BCUT2D eigenvalue weighted by atomic mass is 19.4. The fourth-order valence-corrected chi connectivity index (χ4v) is 3.06. The number of halogens is 3. The number of methoxy groups -OCH3 is 1. The van der Waals surface area contributed by atoms with Gasteiger partial charge in [0.1, 0.15) is 18.1 Å². The van der Waals surface area contributed by atoms with Crippen LogP contribution >= 0.6 is 0 Å². The molecule has 0 saturated carbocycles. The molecule has 0 bridgehead atoms. The SMILES string of the molecule is COc1cnccc1-c1ccc(OCC(C)(N)CC(C)C)c(C(F)(F)F)c1. The number of pyridine rings is 1. The summed E-state index contributed by atoms with van der Waals surface area (Å²) in [6, 6.07) is 5.56. The Balaban J connectivity index is 2.37. The summed E-state index contributed by atoms with van der Waals surface area (Å²) in [6.07, 6.45) is -0.963. The summed E-state index contributed by atoms with van der Waals surface area (Å²) in [4.78, 5) is 3.92. The highest BCUT2D eigenvalue weighted by molar-refractivity contribution is 5.71. The second-order valence-electron chi connectivity index (χ2n) is 7.33. The smallest absolute Gasteiger partial charge is 0.419 e. The standard InChI is InChI=1S/C20H25F3N2O2/c1-13(2)10-19(3,24)12-27-17-6-5-14(9-16(17)20(21,22)23)15-7-8-25-11-18(15)26-4/h5-9,11,13H,10,12,24H2,1-4H3. The average Bonchev–Trinajstić information content (AvgIpc) is 2.58. The van der Waals surface area contributed by atoms with Crippen molar-refractivity contribution in [3.63, 3.8) is 0 Å². The summed E-state index contributed by atoms with van der Waals surface area (Å²) in [7, 11) is 1.44. The first-order valence-corrected chi connectivity index (χ1v) is 8.65. The first-order chi connectivity index (χ1) is 12.5. The van der Waals surface area contributed by atoms with Gasteiger partial charge in [0.2, 0.25) is 0 Å². The molecular formula is C20H25F3N2O2. The topological polar surface area (TPSA) is 57.4 Å². The van der Waals surface area contributed by atoms with Crippen LogP contribution in [-0.4, -0.2) is 24.2 Å². The van der Waals surface area contributed by atoms with Gasteiger partial charge in [0, 0.05) is 17.3 Å². The normalized spacial score (nSPS) is 14.1. The molecule has 4 nitrogen and oxygen atoms in total. The van der Waals surface area contributed by atoms with Crippen molar-refractivity contribution in [3.05, 3.63) is 42.2 Å². The third-order valence-electron chi connectivity index (χ3n) is 4.03. The van der Waals surface area contributed by atoms with Crippen molar-refractivity contribution < 1.29 is 22.6 Å². The van der Waals surface area contributed by atoms with E-state index in [1.807, 2.05) is 13.8 Å². The van der Waals surface area contributed by atoms with Crippen LogP contribution in [-0.2, 0) is 6.18 Å². The van der Waals surface area contributed by atoms with E-state index in [0.717, 1.165) is 6.07 Å². The van der Waals surface area contributed by atoms with Gasteiger partial charge in [-0.15, -0.1) is 0 Å². The van der Waals surface area contributed by atoms with Gasteiger partial charge in [-0.1, -0.05) is 19.9 Å². The molecule has 1 heterocycles. The molecule has 2 rings (SSSR count). The van der Waals surface area contributed by atoms with Gasteiger partial charge in [0.05, 0.1) is 18.9 Å². The van der Waals surface area contributed by atoms with Crippen LogP contribution in [0.5, 0.6) is 11.5 Å². The Morgan fingerprint density at radius 2 is 1.85 bits per heavy atom. The number of ether oxygens (including phenoxy) is 2. The highest BCUT2D eigenvalue weighted by Crippen LogP contribution is 2.40. The van der Waals surface area contributed by atoms with Crippen LogP contribution in [0.4, 0.5) is 13.2 Å². The molecule has 0 fully saturated rings. The fourth-order valence-electron chi connectivity index (χ4n) is 3.06. The molecule has 148 valence electrons. The maximum Gasteiger partial charge on any atom is 0.419 e. The number of nitrogens with zero attached hydrogens (tertiary/aromatic N) is 1. The minimum atomic E-state index is -4.56. The van der Waals surface area contributed by atoms with Crippen LogP contribution < -0.4 is 15.2 Å². The fraction of sp³-hybridized carbons (Fsp3) is 0.450. The van der Waals surface area contributed by atoms with Crippen molar-refractivity contribution in [2.45, 2.75) is 38.9 Å². The van der Waals surface area contributed by atoms with Crippen LogP contribution in [0, 0.1) is 5.92 Å². The monoisotopic (exact) mass is 382 g/mol. The summed E-state index contributed by atoms with van der Waals surface area (Å²) in [6.45, 7) is 5.77. The van der Waals surface area contributed by atoms with Gasteiger partial charge < -0.3 is 15.2 Å². The van der Waals surface area contributed by atoms with E-state index in [1.54, 1.807) is 19.1 Å². The predicted molar refractivity (Wildman–Crippen MR) is 98.8 cm³/mol. The summed E-state index contributed by atoms with van der Waals surface area (Å²) in [5.41, 5.74) is 5.48. The first-order valence-electron chi connectivity index (χ1n) is 8.65. The second kappa shape index (κ2) is 8.17. The molecule has 1 unspecified atom stereocenters. The van der Waals surface area contributed by atoms with Gasteiger partial charge in [-0.05, 0) is 43.0 Å². The zero-order valence-electron chi connectivity index (χ0n) is 15.9. The van der Waals surface area contributed by atoms with Crippen molar-refractivity contribution in [1.29, 1.82) is 0 Å². The van der Waals surface area contributed by atoms with E-state index in [9.17, 15) is 13.2 Å². The molecule has 0 amide bonds. The molecule has 1 aromatic heterocycles. The van der Waals surface area contributed by atoms with Crippen molar-refractivity contribution in [2.24, 2.45) is 11.7 Å². The van der Waals surface area contributed by atoms with Crippen LogP contribution in [0.2, 0.25) is 0 Å². The number of aromatic nitrogens is 1. The molecule has 1 atom stereocenters. The van der Waals surface area contributed by atoms with Gasteiger partial charge in [0.25, 0.3) is 0 Å². The lowest BCUT2D eigenvalue weighted by molar-refractivity contribution is -0.139. The molecule has 7 heteroatoms. The first kappa shape index (κ1) is 21.0. The predicted octanol–water partition coefficient (Wildman–Crippen LogP) is 4.92. The van der Waals surface area contributed by atoms with E-state index >= 15 is 0 Å². The van der Waals surface area contributed by atoms with E-state index in [4.69, 9.17) is 15.2 Å². The van der Waals surface area contributed by atoms with E-state index in [1.165, 1.54) is 25.6 Å². The quantitative estimate of drug-likeness (QED) is 0.739. The van der Waals surface area contributed by atoms with Crippen molar-refractivity contribution in [3.8, 4) is 22.6 Å². The Hall–Kier alpha value is -2.28. The maximum atomic E-state index is 13.6. The van der Waals surface area contributed by atoms with E-state index in [2.05, 4.69) is 4.98 Å². The zero-order valence-corrected chi connectivity index (χ0v) is 15.9. The Morgan fingerprint density at radius 1 is 1.15 bits per heavy atom. The van der Waals surface area contributed by atoms with E-state index in [-0.39, 0.29) is 12.4 Å². The number of rotatable bonds is 7. The van der Waals surface area contributed by atoms with Crippen molar-refractivity contribution in [1.82, 2.24) is 4.98 Å². The van der Waals surface area contributed by atoms with Gasteiger partial charge in [-0.25, -0.2) is 0 Å². The lowest BCUT2D eigenvalue weighted by atomic mass is 9.93. The lowest BCUT2D eigenvalue weighted by Crippen LogP contribution is -2.43. The van der Waals surface area contributed by atoms with Gasteiger partial charge in [-0.2, -0.15) is 13.2 Å². The highest BCUT2D eigenvalue weighted by Gasteiger charge is 2.35. The Bertz CT molecular complexity index is 774. The number of nitrogens with two attached hydrogens (primary N) is 1. The zero-order chi connectivity index (χ0) is 20.2. The van der Waals surface area contributed by atoms with E-state index in [0.29, 0.717) is 29.2 Å². The molecule has 1 aromatic carbocycles. The number of alkyl halides is 3. The average molecular weight is 382 g/mol. The van der Waals surface area contributed by atoms with E-state index < -0.39 is 17.3 Å². The molecule has 0 aliphatic heterocycles. The third kappa shape index (κ3) is 5.60. The molecule has 0 aliphatic rings. The number of benzene rings is 1. The van der Waals surface area contributed by atoms with Gasteiger partial charge in [-0.3, -0.25) is 4.98 Å². The lowest BCUT2D eigenvalue weighted by Gasteiger charge is -2.27.